The largest absolute Gasteiger partial charge is 0.463 e. The van der Waals surface area contributed by atoms with Gasteiger partial charge >= 0.3 is 11.9 Å². The van der Waals surface area contributed by atoms with Crippen molar-refractivity contribution in [3.05, 3.63) is 0 Å². The Hall–Kier alpha value is -1.42. The quantitative estimate of drug-likeness (QED) is 0.0677. The van der Waals surface area contributed by atoms with Crippen molar-refractivity contribution in [1.29, 1.82) is 0 Å². The average molecular weight is 683 g/mol. The van der Waals surface area contributed by atoms with Gasteiger partial charge in [-0.3, -0.25) is 9.59 Å². The van der Waals surface area contributed by atoms with Gasteiger partial charge < -0.3 is 52.1 Å². The highest BCUT2D eigenvalue weighted by Gasteiger charge is 2.03. The fourth-order valence-electron chi connectivity index (χ4n) is 3.83. The van der Waals surface area contributed by atoms with Crippen molar-refractivity contribution in [1.82, 2.24) is 0 Å². The predicted octanol–water partition coefficient (Wildman–Crippen LogP) is 4.16. The summed E-state index contributed by atoms with van der Waals surface area (Å²) in [7, 11) is 0. The molecular formula is C34H66O13. The lowest BCUT2D eigenvalue weighted by Gasteiger charge is -2.09. The summed E-state index contributed by atoms with van der Waals surface area (Å²) < 4.78 is 59.2. The minimum Gasteiger partial charge on any atom is -0.463 e. The highest BCUT2D eigenvalue weighted by atomic mass is 16.6. The first-order chi connectivity index (χ1) is 23.2. The van der Waals surface area contributed by atoms with E-state index in [1.54, 1.807) is 0 Å². The van der Waals surface area contributed by atoms with E-state index in [1.165, 1.54) is 19.3 Å². The zero-order valence-electron chi connectivity index (χ0n) is 29.5. The van der Waals surface area contributed by atoms with Crippen molar-refractivity contribution in [2.24, 2.45) is 0 Å². The van der Waals surface area contributed by atoms with E-state index in [1.807, 2.05) is 0 Å². The Kier molecular flexibility index (Phi) is 39.5. The summed E-state index contributed by atoms with van der Waals surface area (Å²) in [5.41, 5.74) is 0. The van der Waals surface area contributed by atoms with Crippen LogP contribution in [-0.2, 0) is 61.7 Å². The van der Waals surface area contributed by atoms with Gasteiger partial charge in [0.1, 0.15) is 13.2 Å². The molecule has 0 aliphatic carbocycles. The van der Waals surface area contributed by atoms with E-state index >= 15 is 0 Å². The van der Waals surface area contributed by atoms with E-state index in [0.29, 0.717) is 132 Å². The summed E-state index contributed by atoms with van der Waals surface area (Å²) in [4.78, 5) is 23.1. The van der Waals surface area contributed by atoms with Gasteiger partial charge in [0.2, 0.25) is 0 Å². The molecule has 13 nitrogen and oxygen atoms in total. The summed E-state index contributed by atoms with van der Waals surface area (Å²) in [5.74, 6) is -0.311. The maximum atomic E-state index is 11.6. The molecule has 0 spiro atoms. The van der Waals surface area contributed by atoms with Crippen LogP contribution < -0.4 is 0 Å². The third-order valence-corrected chi connectivity index (χ3v) is 6.43. The second-order valence-corrected chi connectivity index (χ2v) is 10.6. The Morgan fingerprint density at radius 3 is 0.787 bits per heavy atom. The molecule has 0 saturated carbocycles. The lowest BCUT2D eigenvalue weighted by atomic mass is 10.1. The summed E-state index contributed by atoms with van der Waals surface area (Å²) in [6.07, 6.45) is 9.55. The smallest absolute Gasteiger partial charge is 0.305 e. The molecule has 0 rings (SSSR count). The second kappa shape index (κ2) is 40.8. The SMILES string of the molecule is CCCCCCCC(=O)OCCOCCOCCOCCOCCOCCOCCOCCOCCOCCOC(=O)CCCCC. The van der Waals surface area contributed by atoms with Crippen LogP contribution in [-0.4, -0.2) is 144 Å². The lowest BCUT2D eigenvalue weighted by molar-refractivity contribution is -0.146. The van der Waals surface area contributed by atoms with Crippen LogP contribution in [0.15, 0.2) is 0 Å². The van der Waals surface area contributed by atoms with Crippen molar-refractivity contribution in [3.63, 3.8) is 0 Å². The molecule has 0 atom stereocenters. The van der Waals surface area contributed by atoms with E-state index in [4.69, 9.17) is 52.1 Å². The zero-order valence-corrected chi connectivity index (χ0v) is 29.5. The Labute approximate surface area is 283 Å². The van der Waals surface area contributed by atoms with Crippen LogP contribution in [0.5, 0.6) is 0 Å². The van der Waals surface area contributed by atoms with Crippen molar-refractivity contribution in [3.8, 4) is 0 Å². The number of carbonyl (C=O) groups excluding carboxylic acids is 2. The summed E-state index contributed by atoms with van der Waals surface area (Å²) in [5, 5.41) is 0. The summed E-state index contributed by atoms with van der Waals surface area (Å²) >= 11 is 0. The number of carbonyl (C=O) groups is 2. The predicted molar refractivity (Wildman–Crippen MR) is 177 cm³/mol. The summed E-state index contributed by atoms with van der Waals surface area (Å²) in [6.45, 7) is 13.3. The molecule has 280 valence electrons. The monoisotopic (exact) mass is 682 g/mol. The molecule has 13 heteroatoms. The number of hydrogen-bond donors (Lipinski definition) is 0. The van der Waals surface area contributed by atoms with Crippen LogP contribution in [0, 0.1) is 0 Å². The molecule has 47 heavy (non-hydrogen) atoms. The van der Waals surface area contributed by atoms with E-state index in [0.717, 1.165) is 32.1 Å². The fraction of sp³-hybridized carbons (Fsp3) is 0.941. The van der Waals surface area contributed by atoms with Crippen LogP contribution in [0.25, 0.3) is 0 Å². The van der Waals surface area contributed by atoms with Crippen LogP contribution in [0.3, 0.4) is 0 Å². The normalized spacial score (nSPS) is 11.3. The van der Waals surface area contributed by atoms with E-state index in [-0.39, 0.29) is 25.2 Å². The van der Waals surface area contributed by atoms with Gasteiger partial charge in [0.05, 0.1) is 119 Å². The maximum Gasteiger partial charge on any atom is 0.305 e. The highest BCUT2D eigenvalue weighted by molar-refractivity contribution is 5.69. The number of hydrogen-bond acceptors (Lipinski definition) is 13. The molecule has 0 radical (unpaired) electrons. The number of ether oxygens (including phenoxy) is 11. The molecule has 0 aliphatic rings. The van der Waals surface area contributed by atoms with E-state index < -0.39 is 0 Å². The number of esters is 2. The number of unbranched alkanes of at least 4 members (excludes halogenated alkanes) is 6. The maximum absolute atomic E-state index is 11.6. The average Bonchev–Trinajstić information content (AvgIpc) is 3.07. The van der Waals surface area contributed by atoms with Crippen molar-refractivity contribution in [2.75, 3.05) is 132 Å². The first kappa shape index (κ1) is 45.6. The Morgan fingerprint density at radius 2 is 0.511 bits per heavy atom. The molecule has 0 aromatic carbocycles. The molecule has 0 unspecified atom stereocenters. The zero-order chi connectivity index (χ0) is 34.1. The highest BCUT2D eigenvalue weighted by Crippen LogP contribution is 2.05. The van der Waals surface area contributed by atoms with Gasteiger partial charge in [-0.25, -0.2) is 0 Å². The van der Waals surface area contributed by atoms with Crippen molar-refractivity contribution < 1.29 is 61.7 Å². The molecule has 0 aromatic rings. The standard InChI is InChI=1S/C34H66O13/c1-3-5-7-8-10-12-34(36)47-32-30-45-28-26-43-24-22-41-20-18-39-16-14-37-13-15-38-17-19-40-21-23-42-25-27-44-29-31-46-33(35)11-9-6-4-2/h3-32H2,1-2H3. The molecule has 0 aromatic heterocycles. The van der Waals surface area contributed by atoms with Crippen molar-refractivity contribution >= 4 is 11.9 Å². The van der Waals surface area contributed by atoms with Crippen LogP contribution >= 0.6 is 0 Å². The van der Waals surface area contributed by atoms with Gasteiger partial charge in [0.15, 0.2) is 0 Å². The first-order valence-electron chi connectivity index (χ1n) is 17.7. The van der Waals surface area contributed by atoms with E-state index in [9.17, 15) is 9.59 Å². The molecule has 0 aliphatic heterocycles. The van der Waals surface area contributed by atoms with Crippen LogP contribution in [0.4, 0.5) is 0 Å². The molecular weight excluding hydrogens is 616 g/mol. The van der Waals surface area contributed by atoms with Crippen LogP contribution in [0.2, 0.25) is 0 Å². The first-order valence-corrected chi connectivity index (χ1v) is 17.7. The van der Waals surface area contributed by atoms with Crippen molar-refractivity contribution in [2.45, 2.75) is 78.1 Å². The third kappa shape index (κ3) is 40.7. The minimum absolute atomic E-state index is 0.150. The van der Waals surface area contributed by atoms with Gasteiger partial charge in [-0.1, -0.05) is 52.4 Å². The second-order valence-electron chi connectivity index (χ2n) is 10.6. The third-order valence-electron chi connectivity index (χ3n) is 6.43. The lowest BCUT2D eigenvalue weighted by Crippen LogP contribution is -2.15. The molecule has 0 saturated heterocycles. The summed E-state index contributed by atoms with van der Waals surface area (Å²) in [6, 6.07) is 0. The van der Waals surface area contributed by atoms with Crippen LogP contribution in [0.1, 0.15) is 78.1 Å². The molecule has 0 N–H and O–H groups in total. The molecule has 0 amide bonds. The van der Waals surface area contributed by atoms with Gasteiger partial charge in [0.25, 0.3) is 0 Å². The van der Waals surface area contributed by atoms with Gasteiger partial charge in [-0.15, -0.1) is 0 Å². The molecule has 0 fully saturated rings. The Balaban J connectivity index is 3.12. The molecule has 0 bridgehead atoms. The number of rotatable bonds is 40. The van der Waals surface area contributed by atoms with Gasteiger partial charge in [-0.2, -0.15) is 0 Å². The van der Waals surface area contributed by atoms with E-state index in [2.05, 4.69) is 13.8 Å². The Bertz CT molecular complexity index is 639. The minimum atomic E-state index is -0.161. The van der Waals surface area contributed by atoms with Gasteiger partial charge in [-0.05, 0) is 12.8 Å². The van der Waals surface area contributed by atoms with Gasteiger partial charge in [0, 0.05) is 12.8 Å². The topological polar surface area (TPSA) is 136 Å². The molecule has 0 heterocycles. The fourth-order valence-corrected chi connectivity index (χ4v) is 3.83. The Morgan fingerprint density at radius 1 is 0.298 bits per heavy atom.